The van der Waals surface area contributed by atoms with Crippen LogP contribution in [0.1, 0.15) is 19.8 Å². The van der Waals surface area contributed by atoms with Gasteiger partial charge in [0.2, 0.25) is 0 Å². The molecule has 0 unspecified atom stereocenters. The molecule has 0 aromatic carbocycles. The highest BCUT2D eigenvalue weighted by atomic mass is 79.9. The Hall–Kier alpha value is 0.400. The number of alkyl halides is 1. The summed E-state index contributed by atoms with van der Waals surface area (Å²) in [5.74, 6) is 0. The number of hydrogen-bond acceptors (Lipinski definition) is 2. The molecule has 70 valence electrons. The lowest BCUT2D eigenvalue weighted by molar-refractivity contribution is -0.0987. The van der Waals surface area contributed by atoms with Gasteiger partial charge < -0.3 is 4.74 Å². The quantitative estimate of drug-likeness (QED) is 0.639. The molecule has 0 spiro atoms. The second-order valence-electron chi connectivity index (χ2n) is 4.16. The molecule has 0 N–H and O–H groups in total. The number of morpholine rings is 1. The van der Waals surface area contributed by atoms with Gasteiger partial charge in [0.15, 0.2) is 0 Å². The Morgan fingerprint density at radius 2 is 2.50 bits per heavy atom. The van der Waals surface area contributed by atoms with Gasteiger partial charge in [0.1, 0.15) is 0 Å². The lowest BCUT2D eigenvalue weighted by Crippen LogP contribution is -2.53. The van der Waals surface area contributed by atoms with Crippen LogP contribution in [-0.4, -0.2) is 41.6 Å². The average molecular weight is 234 g/mol. The van der Waals surface area contributed by atoms with Gasteiger partial charge in [-0.3, -0.25) is 4.90 Å². The van der Waals surface area contributed by atoms with Crippen LogP contribution in [0, 0.1) is 0 Å². The van der Waals surface area contributed by atoms with Crippen molar-refractivity contribution in [2.24, 2.45) is 0 Å². The molecule has 2 aliphatic heterocycles. The van der Waals surface area contributed by atoms with Crippen molar-refractivity contribution in [1.82, 2.24) is 4.90 Å². The Kier molecular flexibility index (Phi) is 2.45. The predicted octanol–water partition coefficient (Wildman–Crippen LogP) is 1.63. The Morgan fingerprint density at radius 1 is 1.67 bits per heavy atom. The number of hydrogen-bond donors (Lipinski definition) is 0. The molecule has 3 heteroatoms. The van der Waals surface area contributed by atoms with Gasteiger partial charge in [-0.15, -0.1) is 0 Å². The monoisotopic (exact) mass is 233 g/mol. The van der Waals surface area contributed by atoms with Crippen molar-refractivity contribution < 1.29 is 4.74 Å². The summed E-state index contributed by atoms with van der Waals surface area (Å²) in [4.78, 5) is 2.57. The topological polar surface area (TPSA) is 12.5 Å². The highest BCUT2D eigenvalue weighted by Gasteiger charge is 2.38. The van der Waals surface area contributed by atoms with Gasteiger partial charge in [-0.25, -0.2) is 0 Å². The van der Waals surface area contributed by atoms with E-state index in [1.165, 1.54) is 19.4 Å². The second kappa shape index (κ2) is 3.28. The fraction of sp³-hybridized carbons (Fsp3) is 1.00. The highest BCUT2D eigenvalue weighted by Crippen LogP contribution is 2.28. The van der Waals surface area contributed by atoms with Crippen molar-refractivity contribution in [3.05, 3.63) is 0 Å². The van der Waals surface area contributed by atoms with Gasteiger partial charge in [0.05, 0.1) is 12.2 Å². The maximum atomic E-state index is 5.84. The summed E-state index contributed by atoms with van der Waals surface area (Å²) >= 11 is 3.51. The first-order chi connectivity index (χ1) is 5.73. The summed E-state index contributed by atoms with van der Waals surface area (Å²) in [5.41, 5.74) is 0.0564. The Labute approximate surface area is 82.4 Å². The molecule has 0 aliphatic carbocycles. The Morgan fingerprint density at radius 3 is 3.25 bits per heavy atom. The van der Waals surface area contributed by atoms with Crippen LogP contribution in [0.2, 0.25) is 0 Å². The molecule has 2 aliphatic rings. The lowest BCUT2D eigenvalue weighted by atomic mass is 10.1. The summed E-state index contributed by atoms with van der Waals surface area (Å²) in [5, 5.41) is 0.948. The largest absolute Gasteiger partial charge is 0.371 e. The first-order valence-corrected chi connectivity index (χ1v) is 5.80. The minimum absolute atomic E-state index is 0.0564. The van der Waals surface area contributed by atoms with E-state index in [1.807, 2.05) is 0 Å². The molecule has 2 rings (SSSR count). The molecule has 0 bridgehead atoms. The van der Waals surface area contributed by atoms with E-state index in [1.54, 1.807) is 0 Å². The summed E-state index contributed by atoms with van der Waals surface area (Å²) in [6.45, 7) is 5.50. The zero-order chi connectivity index (χ0) is 8.60. The van der Waals surface area contributed by atoms with Crippen LogP contribution < -0.4 is 0 Å². The van der Waals surface area contributed by atoms with E-state index in [9.17, 15) is 0 Å². The van der Waals surface area contributed by atoms with E-state index in [0.29, 0.717) is 0 Å². The maximum absolute atomic E-state index is 5.84. The van der Waals surface area contributed by atoms with Gasteiger partial charge in [-0.2, -0.15) is 0 Å². The van der Waals surface area contributed by atoms with Crippen molar-refractivity contribution in [3.63, 3.8) is 0 Å². The smallest absolute Gasteiger partial charge is 0.0877 e. The van der Waals surface area contributed by atoms with Crippen LogP contribution in [0.25, 0.3) is 0 Å². The Balaban J connectivity index is 2.00. The predicted molar refractivity (Wildman–Crippen MR) is 52.7 cm³/mol. The van der Waals surface area contributed by atoms with E-state index < -0.39 is 0 Å². The van der Waals surface area contributed by atoms with Gasteiger partial charge in [-0.1, -0.05) is 15.9 Å². The molecule has 2 nitrogen and oxygen atoms in total. The van der Waals surface area contributed by atoms with E-state index in [-0.39, 0.29) is 5.60 Å². The van der Waals surface area contributed by atoms with E-state index in [0.717, 1.165) is 24.5 Å². The standard InChI is InChI=1S/C9H16BrNO/c1-9(6-10)7-11-4-2-3-8(11)5-12-9/h8H,2-7H2,1H3/t8-,9+/m1/s1. The van der Waals surface area contributed by atoms with Crippen molar-refractivity contribution in [2.45, 2.75) is 31.4 Å². The summed E-state index contributed by atoms with van der Waals surface area (Å²) in [6, 6.07) is 0.720. The first kappa shape index (κ1) is 8.97. The molecule has 0 aromatic rings. The summed E-state index contributed by atoms with van der Waals surface area (Å²) in [7, 11) is 0. The van der Waals surface area contributed by atoms with Crippen LogP contribution in [-0.2, 0) is 4.74 Å². The minimum atomic E-state index is 0.0564. The number of nitrogens with zero attached hydrogens (tertiary/aromatic N) is 1. The molecular weight excluding hydrogens is 218 g/mol. The third kappa shape index (κ3) is 1.54. The van der Waals surface area contributed by atoms with E-state index in [2.05, 4.69) is 27.8 Å². The number of ether oxygens (including phenoxy) is 1. The molecule has 2 fully saturated rings. The molecule has 2 heterocycles. The highest BCUT2D eigenvalue weighted by molar-refractivity contribution is 9.09. The van der Waals surface area contributed by atoms with Gasteiger partial charge in [-0.05, 0) is 26.3 Å². The second-order valence-corrected chi connectivity index (χ2v) is 4.72. The molecule has 0 aromatic heterocycles. The molecule has 0 amide bonds. The molecule has 0 radical (unpaired) electrons. The van der Waals surface area contributed by atoms with Crippen LogP contribution in [0.3, 0.4) is 0 Å². The summed E-state index contributed by atoms with van der Waals surface area (Å²) in [6.07, 6.45) is 2.69. The number of fused-ring (bicyclic) bond motifs is 1. The number of halogens is 1. The fourth-order valence-electron chi connectivity index (χ4n) is 2.15. The molecule has 2 atom stereocenters. The zero-order valence-electron chi connectivity index (χ0n) is 7.55. The third-order valence-electron chi connectivity index (χ3n) is 2.94. The maximum Gasteiger partial charge on any atom is 0.0877 e. The fourth-order valence-corrected chi connectivity index (χ4v) is 2.48. The first-order valence-electron chi connectivity index (χ1n) is 4.67. The minimum Gasteiger partial charge on any atom is -0.371 e. The molecule has 2 saturated heterocycles. The van der Waals surface area contributed by atoms with Crippen molar-refractivity contribution in [3.8, 4) is 0 Å². The van der Waals surface area contributed by atoms with Crippen molar-refractivity contribution in [2.75, 3.05) is 25.0 Å². The molecular formula is C9H16BrNO. The molecule has 0 saturated carbocycles. The van der Waals surface area contributed by atoms with Crippen LogP contribution in [0.4, 0.5) is 0 Å². The van der Waals surface area contributed by atoms with E-state index in [4.69, 9.17) is 4.74 Å². The van der Waals surface area contributed by atoms with Crippen LogP contribution in [0.5, 0.6) is 0 Å². The number of rotatable bonds is 1. The van der Waals surface area contributed by atoms with Gasteiger partial charge in [0.25, 0.3) is 0 Å². The van der Waals surface area contributed by atoms with Gasteiger partial charge >= 0.3 is 0 Å². The SMILES string of the molecule is C[C@]1(CBr)CN2CCC[C@@H]2CO1. The zero-order valence-corrected chi connectivity index (χ0v) is 9.14. The van der Waals surface area contributed by atoms with Crippen molar-refractivity contribution >= 4 is 15.9 Å². The summed E-state index contributed by atoms with van der Waals surface area (Å²) < 4.78 is 5.84. The average Bonchev–Trinajstić information content (AvgIpc) is 2.51. The Bertz CT molecular complexity index is 176. The normalized spacial score (nSPS) is 43.0. The molecule has 12 heavy (non-hydrogen) atoms. The van der Waals surface area contributed by atoms with Gasteiger partial charge in [0, 0.05) is 17.9 Å². The van der Waals surface area contributed by atoms with Crippen LogP contribution in [0.15, 0.2) is 0 Å². The lowest BCUT2D eigenvalue weighted by Gasteiger charge is -2.41. The van der Waals surface area contributed by atoms with Crippen molar-refractivity contribution in [1.29, 1.82) is 0 Å². The van der Waals surface area contributed by atoms with E-state index >= 15 is 0 Å². The third-order valence-corrected chi connectivity index (χ3v) is 4.13. The van der Waals surface area contributed by atoms with Crippen LogP contribution >= 0.6 is 15.9 Å².